The molecular weight excluding hydrogens is 226 g/mol. The maximum absolute atomic E-state index is 10.7. The van der Waals surface area contributed by atoms with Gasteiger partial charge in [-0.2, -0.15) is 0 Å². The van der Waals surface area contributed by atoms with Crippen molar-refractivity contribution in [2.45, 2.75) is 23.8 Å². The van der Waals surface area contributed by atoms with Crippen LogP contribution >= 0.6 is 0 Å². The van der Waals surface area contributed by atoms with E-state index in [0.717, 1.165) is 31.7 Å². The van der Waals surface area contributed by atoms with Crippen molar-refractivity contribution in [1.29, 1.82) is 0 Å². The van der Waals surface area contributed by atoms with Gasteiger partial charge < -0.3 is 14.6 Å². The van der Waals surface area contributed by atoms with Crippen molar-refractivity contribution in [2.24, 2.45) is 0 Å². The first-order chi connectivity index (χ1) is 7.75. The summed E-state index contributed by atoms with van der Waals surface area (Å²) < 4.78 is 25.1. The van der Waals surface area contributed by atoms with Gasteiger partial charge in [-0.05, 0) is 37.1 Å². The van der Waals surface area contributed by atoms with E-state index in [-0.39, 0.29) is 0 Å². The molecule has 0 amide bonds. The van der Waals surface area contributed by atoms with Gasteiger partial charge in [0.2, 0.25) is 0 Å². The molecular formula is C11H15NO3S. The Bertz CT molecular complexity index is 360. The first-order valence-corrected chi connectivity index (χ1v) is 6.43. The van der Waals surface area contributed by atoms with Crippen LogP contribution in [0.2, 0.25) is 0 Å². The molecule has 4 nitrogen and oxygen atoms in total. The number of ether oxygens (including phenoxy) is 1. The molecule has 1 aromatic carbocycles. The zero-order valence-corrected chi connectivity index (χ0v) is 9.70. The van der Waals surface area contributed by atoms with Crippen LogP contribution in [0, 0.1) is 0 Å². The van der Waals surface area contributed by atoms with Gasteiger partial charge in [-0.15, -0.1) is 0 Å². The molecule has 2 rings (SSSR count). The Labute approximate surface area is 97.3 Å². The molecule has 1 heterocycles. The van der Waals surface area contributed by atoms with Gasteiger partial charge in [0.05, 0.1) is 11.0 Å². The Kier molecular flexibility index (Phi) is 3.93. The van der Waals surface area contributed by atoms with Crippen LogP contribution in [0.15, 0.2) is 29.2 Å². The van der Waals surface area contributed by atoms with Crippen LogP contribution in [0.4, 0.5) is 5.69 Å². The zero-order valence-electron chi connectivity index (χ0n) is 8.89. The number of benzene rings is 1. The van der Waals surface area contributed by atoms with Gasteiger partial charge in [-0.25, -0.2) is 4.21 Å². The Morgan fingerprint density at radius 2 is 2.19 bits per heavy atom. The summed E-state index contributed by atoms with van der Waals surface area (Å²) in [5, 5.41) is 3.25. The third-order valence-corrected chi connectivity index (χ3v) is 3.29. The average molecular weight is 241 g/mol. The lowest BCUT2D eigenvalue weighted by atomic mass is 10.2. The van der Waals surface area contributed by atoms with E-state index in [1.165, 1.54) is 0 Å². The summed E-state index contributed by atoms with van der Waals surface area (Å²) in [5.74, 6) is 0. The lowest BCUT2D eigenvalue weighted by molar-refractivity contribution is 0.120. The van der Waals surface area contributed by atoms with E-state index in [1.54, 1.807) is 24.3 Å². The van der Waals surface area contributed by atoms with Crippen molar-refractivity contribution >= 4 is 16.8 Å². The van der Waals surface area contributed by atoms with Gasteiger partial charge in [-0.1, -0.05) is 0 Å². The molecule has 2 atom stereocenters. The molecule has 1 saturated heterocycles. The molecule has 0 spiro atoms. The second-order valence-electron chi connectivity index (χ2n) is 3.79. The highest BCUT2D eigenvalue weighted by Gasteiger charge is 2.14. The second-order valence-corrected chi connectivity index (χ2v) is 4.76. The largest absolute Gasteiger partial charge is 0.382 e. The summed E-state index contributed by atoms with van der Waals surface area (Å²) in [5.41, 5.74) is 0.949. The molecule has 1 aliphatic rings. The van der Waals surface area contributed by atoms with E-state index >= 15 is 0 Å². The van der Waals surface area contributed by atoms with Gasteiger partial charge in [-0.3, -0.25) is 0 Å². The van der Waals surface area contributed by atoms with E-state index in [4.69, 9.17) is 9.29 Å². The number of rotatable bonds is 4. The monoisotopic (exact) mass is 241 g/mol. The summed E-state index contributed by atoms with van der Waals surface area (Å²) in [4.78, 5) is 0.419. The van der Waals surface area contributed by atoms with Crippen molar-refractivity contribution in [3.8, 4) is 0 Å². The fourth-order valence-corrected chi connectivity index (χ4v) is 2.10. The van der Waals surface area contributed by atoms with Crippen LogP contribution in [-0.2, 0) is 15.8 Å². The van der Waals surface area contributed by atoms with Gasteiger partial charge in [0.1, 0.15) is 0 Å². The normalized spacial score (nSPS) is 21.9. The molecule has 0 aromatic heterocycles. The minimum Gasteiger partial charge on any atom is -0.382 e. The minimum absolute atomic E-state index is 0.298. The highest BCUT2D eigenvalue weighted by molar-refractivity contribution is 7.79. The predicted octanol–water partition coefficient (Wildman–Crippen LogP) is 1.86. The van der Waals surface area contributed by atoms with Crippen LogP contribution in [-0.4, -0.2) is 28.0 Å². The number of nitrogens with one attached hydrogen (secondary N) is 1. The second kappa shape index (κ2) is 5.43. The zero-order chi connectivity index (χ0) is 11.4. The van der Waals surface area contributed by atoms with Crippen LogP contribution < -0.4 is 5.32 Å². The molecule has 1 aliphatic heterocycles. The fourth-order valence-electron chi connectivity index (χ4n) is 1.73. The number of hydrogen-bond acceptors (Lipinski definition) is 3. The molecule has 1 aromatic rings. The third kappa shape index (κ3) is 3.04. The van der Waals surface area contributed by atoms with E-state index in [2.05, 4.69) is 5.32 Å². The Morgan fingerprint density at radius 1 is 1.44 bits per heavy atom. The van der Waals surface area contributed by atoms with Crippen molar-refractivity contribution in [3.63, 3.8) is 0 Å². The topological polar surface area (TPSA) is 58.6 Å². The van der Waals surface area contributed by atoms with Gasteiger partial charge in [0.15, 0.2) is 11.1 Å². The number of anilines is 1. The maximum atomic E-state index is 10.7. The van der Waals surface area contributed by atoms with Gasteiger partial charge in [0.25, 0.3) is 0 Å². The van der Waals surface area contributed by atoms with Crippen LogP contribution in [0.25, 0.3) is 0 Å². The smallest absolute Gasteiger partial charge is 0.186 e. The molecule has 0 radical (unpaired) electrons. The van der Waals surface area contributed by atoms with E-state index in [0.29, 0.717) is 11.0 Å². The molecule has 2 N–H and O–H groups in total. The Balaban J connectivity index is 1.87. The molecule has 88 valence electrons. The summed E-state index contributed by atoms with van der Waals surface area (Å²) >= 11 is -1.90. The van der Waals surface area contributed by atoms with Crippen LogP contribution in [0.5, 0.6) is 0 Å². The molecule has 16 heavy (non-hydrogen) atoms. The average Bonchev–Trinajstić information content (AvgIpc) is 2.80. The summed E-state index contributed by atoms with van der Waals surface area (Å²) in [6.07, 6.45) is 2.53. The quantitative estimate of drug-likeness (QED) is 0.790. The highest BCUT2D eigenvalue weighted by Crippen LogP contribution is 2.15. The van der Waals surface area contributed by atoms with Crippen molar-refractivity contribution in [2.75, 3.05) is 18.5 Å². The van der Waals surface area contributed by atoms with Crippen LogP contribution in [0.1, 0.15) is 12.8 Å². The maximum Gasteiger partial charge on any atom is 0.186 e. The molecule has 0 bridgehead atoms. The molecule has 1 fully saturated rings. The van der Waals surface area contributed by atoms with E-state index in [1.807, 2.05) is 0 Å². The summed E-state index contributed by atoms with van der Waals surface area (Å²) in [6, 6.07) is 6.90. The van der Waals surface area contributed by atoms with Crippen molar-refractivity contribution < 1.29 is 13.5 Å². The summed E-state index contributed by atoms with van der Waals surface area (Å²) in [6.45, 7) is 1.65. The van der Waals surface area contributed by atoms with E-state index < -0.39 is 11.1 Å². The van der Waals surface area contributed by atoms with Gasteiger partial charge in [0, 0.05) is 18.8 Å². The third-order valence-electron chi connectivity index (χ3n) is 2.61. The Morgan fingerprint density at radius 3 is 2.75 bits per heavy atom. The molecule has 0 saturated carbocycles. The lowest BCUT2D eigenvalue weighted by Gasteiger charge is -2.11. The van der Waals surface area contributed by atoms with Crippen molar-refractivity contribution in [1.82, 2.24) is 0 Å². The van der Waals surface area contributed by atoms with Gasteiger partial charge >= 0.3 is 0 Å². The fraction of sp³-hybridized carbons (Fsp3) is 0.455. The highest BCUT2D eigenvalue weighted by atomic mass is 32.2. The predicted molar refractivity (Wildman–Crippen MR) is 62.9 cm³/mol. The molecule has 2 unspecified atom stereocenters. The lowest BCUT2D eigenvalue weighted by Crippen LogP contribution is -2.18. The minimum atomic E-state index is -1.90. The van der Waals surface area contributed by atoms with E-state index in [9.17, 15) is 4.21 Å². The number of hydrogen-bond donors (Lipinski definition) is 2. The molecule has 5 heteroatoms. The van der Waals surface area contributed by atoms with Crippen molar-refractivity contribution in [3.05, 3.63) is 24.3 Å². The molecule has 0 aliphatic carbocycles. The first kappa shape index (κ1) is 11.6. The first-order valence-electron chi connectivity index (χ1n) is 5.32. The standard InChI is InChI=1S/C11H15NO3S/c13-16(14)11-5-3-9(4-6-11)12-8-10-2-1-7-15-10/h3-6,10,12H,1-2,7-8H2,(H,13,14). The van der Waals surface area contributed by atoms with Crippen LogP contribution in [0.3, 0.4) is 0 Å². The SMILES string of the molecule is O=S(O)c1ccc(NCC2CCCO2)cc1. The summed E-state index contributed by atoms with van der Waals surface area (Å²) in [7, 11) is 0. The Hall–Kier alpha value is -0.910.